The molecular weight excluding hydrogens is 431 g/mol. The van der Waals surface area contributed by atoms with Gasteiger partial charge in [-0.25, -0.2) is 0 Å². The average Bonchev–Trinajstić information content (AvgIpc) is 2.76. The summed E-state index contributed by atoms with van der Waals surface area (Å²) in [6.07, 6.45) is 11.6. The lowest BCUT2D eigenvalue weighted by Crippen LogP contribution is -2.41. The van der Waals surface area contributed by atoms with Gasteiger partial charge in [-0.05, 0) is 43.9 Å². The van der Waals surface area contributed by atoms with Crippen molar-refractivity contribution in [3.63, 3.8) is 0 Å². The second-order valence-corrected chi connectivity index (χ2v) is 8.46. The number of benzene rings is 1. The van der Waals surface area contributed by atoms with E-state index in [-0.39, 0.29) is 24.8 Å². The van der Waals surface area contributed by atoms with Crippen LogP contribution < -0.4 is 10.1 Å². The molecule has 0 spiro atoms. The second-order valence-electron chi connectivity index (χ2n) is 8.46. The predicted octanol–water partition coefficient (Wildman–Crippen LogP) is 5.90. The molecule has 4 nitrogen and oxygen atoms in total. The van der Waals surface area contributed by atoms with Gasteiger partial charge < -0.3 is 14.8 Å². The van der Waals surface area contributed by atoms with Crippen LogP contribution in [-0.4, -0.2) is 56.9 Å². The van der Waals surface area contributed by atoms with Gasteiger partial charge in [0.15, 0.2) is 0 Å². The van der Waals surface area contributed by atoms with Gasteiger partial charge in [0.2, 0.25) is 0 Å². The molecule has 1 saturated heterocycles. The Hall–Kier alpha value is -0.520. The maximum atomic E-state index is 5.90. The number of nitrogens with one attached hydrogen (secondary N) is 1. The molecule has 1 aromatic rings. The number of nitrogens with zero attached hydrogens (tertiary/aromatic N) is 1. The fourth-order valence-corrected chi connectivity index (χ4v) is 3.78. The van der Waals surface area contributed by atoms with E-state index in [1.165, 1.54) is 56.9 Å². The van der Waals surface area contributed by atoms with Gasteiger partial charge in [-0.1, -0.05) is 57.6 Å². The number of rotatable bonds is 16. The first-order valence-electron chi connectivity index (χ1n) is 12.0. The number of unbranched alkanes of at least 4 members (excludes halogenated alkanes) is 6. The number of hydrogen-bond donors (Lipinski definition) is 1. The summed E-state index contributed by atoms with van der Waals surface area (Å²) >= 11 is 0. The van der Waals surface area contributed by atoms with E-state index in [0.29, 0.717) is 6.04 Å². The topological polar surface area (TPSA) is 33.7 Å². The zero-order valence-corrected chi connectivity index (χ0v) is 21.4. The molecule has 0 aliphatic carbocycles. The standard InChI is InChI=1S/C25H44N2O2.2ClH/c1-3-4-5-6-7-8-9-20-29-25-14-12-24(13-15-25)11-10-23(2)26-16-17-27-18-21-28-22-19-27;;/h12-15,23,26H,3-11,16-22H2,1-2H3;2*1H. The molecule has 1 aliphatic heterocycles. The van der Waals surface area contributed by atoms with Crippen molar-refractivity contribution in [2.24, 2.45) is 0 Å². The first-order chi connectivity index (χ1) is 14.3. The fourth-order valence-electron chi connectivity index (χ4n) is 3.78. The van der Waals surface area contributed by atoms with Crippen LogP contribution in [0.3, 0.4) is 0 Å². The fraction of sp³-hybridized carbons (Fsp3) is 0.760. The molecule has 1 fully saturated rings. The SMILES string of the molecule is CCCCCCCCCOc1ccc(CCC(C)NCCN2CCOCC2)cc1.Cl.Cl. The van der Waals surface area contributed by atoms with Crippen LogP contribution in [0.15, 0.2) is 24.3 Å². The Balaban J connectivity index is 0.00000450. The molecule has 0 amide bonds. The summed E-state index contributed by atoms with van der Waals surface area (Å²) in [5.41, 5.74) is 1.40. The molecular formula is C25H46Cl2N2O2. The molecule has 6 heteroatoms. The molecule has 1 aliphatic rings. The summed E-state index contributed by atoms with van der Waals surface area (Å²) in [5, 5.41) is 3.66. The van der Waals surface area contributed by atoms with E-state index in [0.717, 1.165) is 58.2 Å². The van der Waals surface area contributed by atoms with E-state index >= 15 is 0 Å². The Kier molecular flexibility index (Phi) is 19.8. The summed E-state index contributed by atoms with van der Waals surface area (Å²) in [5.74, 6) is 1.01. The van der Waals surface area contributed by atoms with Gasteiger partial charge in [-0.3, -0.25) is 4.90 Å². The van der Waals surface area contributed by atoms with Gasteiger partial charge in [0.1, 0.15) is 5.75 Å². The van der Waals surface area contributed by atoms with Gasteiger partial charge in [-0.2, -0.15) is 0 Å². The Morgan fingerprint density at radius 1 is 0.968 bits per heavy atom. The smallest absolute Gasteiger partial charge is 0.119 e. The zero-order valence-electron chi connectivity index (χ0n) is 19.8. The lowest BCUT2D eigenvalue weighted by atomic mass is 10.1. The highest BCUT2D eigenvalue weighted by Gasteiger charge is 2.10. The van der Waals surface area contributed by atoms with Crippen LogP contribution in [-0.2, 0) is 11.2 Å². The van der Waals surface area contributed by atoms with Crippen molar-refractivity contribution >= 4 is 24.8 Å². The van der Waals surface area contributed by atoms with E-state index in [4.69, 9.17) is 9.47 Å². The molecule has 0 radical (unpaired) electrons. The van der Waals surface area contributed by atoms with Gasteiger partial charge in [0, 0.05) is 32.2 Å². The molecule has 0 aromatic heterocycles. The van der Waals surface area contributed by atoms with Crippen LogP contribution in [0.2, 0.25) is 0 Å². The van der Waals surface area contributed by atoms with E-state index in [9.17, 15) is 0 Å². The number of morpholine rings is 1. The summed E-state index contributed by atoms with van der Waals surface area (Å²) in [7, 11) is 0. The lowest BCUT2D eigenvalue weighted by molar-refractivity contribution is 0.0381. The Morgan fingerprint density at radius 3 is 2.29 bits per heavy atom. The largest absolute Gasteiger partial charge is 0.494 e. The van der Waals surface area contributed by atoms with Crippen LogP contribution in [0.25, 0.3) is 0 Å². The maximum absolute atomic E-state index is 5.90. The van der Waals surface area contributed by atoms with Crippen LogP contribution >= 0.6 is 24.8 Å². The van der Waals surface area contributed by atoms with Crippen molar-refractivity contribution in [3.8, 4) is 5.75 Å². The van der Waals surface area contributed by atoms with Crippen molar-refractivity contribution < 1.29 is 9.47 Å². The Morgan fingerprint density at radius 2 is 1.61 bits per heavy atom. The molecule has 1 atom stereocenters. The molecule has 1 heterocycles. The van der Waals surface area contributed by atoms with Gasteiger partial charge in [0.25, 0.3) is 0 Å². The number of aryl methyl sites for hydroxylation is 1. The maximum Gasteiger partial charge on any atom is 0.119 e. The highest BCUT2D eigenvalue weighted by molar-refractivity contribution is 5.85. The lowest BCUT2D eigenvalue weighted by Gasteiger charge is -2.27. The van der Waals surface area contributed by atoms with Crippen LogP contribution in [0, 0.1) is 0 Å². The van der Waals surface area contributed by atoms with Crippen LogP contribution in [0.1, 0.15) is 70.8 Å². The van der Waals surface area contributed by atoms with E-state index in [2.05, 4.69) is 48.3 Å². The summed E-state index contributed by atoms with van der Waals surface area (Å²) in [4.78, 5) is 2.48. The van der Waals surface area contributed by atoms with Crippen LogP contribution in [0.5, 0.6) is 5.75 Å². The van der Waals surface area contributed by atoms with E-state index in [1.54, 1.807) is 0 Å². The third-order valence-electron chi connectivity index (χ3n) is 5.83. The molecule has 0 bridgehead atoms. The molecule has 31 heavy (non-hydrogen) atoms. The zero-order chi connectivity index (χ0) is 20.6. The molecule has 1 aromatic carbocycles. The minimum atomic E-state index is 0. The van der Waals surface area contributed by atoms with Crippen molar-refractivity contribution in [1.29, 1.82) is 0 Å². The van der Waals surface area contributed by atoms with E-state index in [1.807, 2.05) is 0 Å². The average molecular weight is 478 g/mol. The Labute approximate surface area is 203 Å². The summed E-state index contributed by atoms with van der Waals surface area (Å²) in [6, 6.07) is 9.26. The van der Waals surface area contributed by atoms with Gasteiger partial charge in [0.05, 0.1) is 19.8 Å². The molecule has 1 unspecified atom stereocenters. The Bertz CT molecular complexity index is 511. The van der Waals surface area contributed by atoms with Gasteiger partial charge >= 0.3 is 0 Å². The van der Waals surface area contributed by atoms with Crippen molar-refractivity contribution in [1.82, 2.24) is 10.2 Å². The molecule has 182 valence electrons. The summed E-state index contributed by atoms with van der Waals surface area (Å²) in [6.45, 7) is 11.5. The van der Waals surface area contributed by atoms with Crippen LogP contribution in [0.4, 0.5) is 0 Å². The minimum Gasteiger partial charge on any atom is -0.494 e. The monoisotopic (exact) mass is 476 g/mol. The first kappa shape index (κ1) is 30.5. The molecule has 1 N–H and O–H groups in total. The third-order valence-corrected chi connectivity index (χ3v) is 5.83. The number of ether oxygens (including phenoxy) is 2. The van der Waals surface area contributed by atoms with Crippen molar-refractivity contribution in [3.05, 3.63) is 29.8 Å². The number of hydrogen-bond acceptors (Lipinski definition) is 4. The second kappa shape index (κ2) is 20.1. The third kappa shape index (κ3) is 15.0. The quantitative estimate of drug-likeness (QED) is 0.301. The van der Waals surface area contributed by atoms with E-state index < -0.39 is 0 Å². The van der Waals surface area contributed by atoms with Crippen molar-refractivity contribution in [2.45, 2.75) is 77.7 Å². The molecule has 0 saturated carbocycles. The first-order valence-corrected chi connectivity index (χ1v) is 12.0. The van der Waals surface area contributed by atoms with Crippen molar-refractivity contribution in [2.75, 3.05) is 46.0 Å². The predicted molar refractivity (Wildman–Crippen MR) is 137 cm³/mol. The minimum absolute atomic E-state index is 0. The highest BCUT2D eigenvalue weighted by atomic mass is 35.5. The van der Waals surface area contributed by atoms with Gasteiger partial charge in [-0.15, -0.1) is 24.8 Å². The number of halogens is 2. The molecule has 2 rings (SSSR count). The highest BCUT2D eigenvalue weighted by Crippen LogP contribution is 2.15. The normalized spacial score (nSPS) is 15.0. The summed E-state index contributed by atoms with van der Waals surface area (Å²) < 4.78 is 11.3.